The minimum absolute atomic E-state index is 0.168. The number of halogens is 2. The monoisotopic (exact) mass is 304 g/mol. The molecule has 0 unspecified atom stereocenters. The number of rotatable bonds is 1. The van der Waals surface area contributed by atoms with Crippen LogP contribution in [0.3, 0.4) is 0 Å². The number of amides is 1. The highest BCUT2D eigenvalue weighted by molar-refractivity contribution is 7.80. The van der Waals surface area contributed by atoms with Crippen molar-refractivity contribution in [2.45, 2.75) is 20.8 Å². The molecule has 0 aromatic heterocycles. The van der Waals surface area contributed by atoms with E-state index in [-0.39, 0.29) is 11.0 Å². The maximum atomic E-state index is 11.7. The number of hydrogen-bond acceptors (Lipinski definition) is 2. The number of hydrogen-bond donors (Lipinski definition) is 2. The molecule has 0 saturated carbocycles. The standard InChI is InChI=1S/C12H14Cl2N2OS/c1-12(2,3)10(17)16-11(18)15-9-6-7(13)4-5-8(9)14/h4-6H,1-3H3,(H2,15,16,17,18). The predicted molar refractivity (Wildman–Crippen MR) is 80.3 cm³/mol. The molecule has 1 aromatic carbocycles. The van der Waals surface area contributed by atoms with Crippen molar-refractivity contribution in [3.63, 3.8) is 0 Å². The fourth-order valence-corrected chi connectivity index (χ4v) is 1.58. The van der Waals surface area contributed by atoms with E-state index in [9.17, 15) is 4.79 Å². The smallest absolute Gasteiger partial charge is 0.231 e. The Morgan fingerprint density at radius 3 is 2.44 bits per heavy atom. The van der Waals surface area contributed by atoms with E-state index in [0.29, 0.717) is 15.7 Å². The van der Waals surface area contributed by atoms with Crippen LogP contribution in [-0.2, 0) is 4.79 Å². The third-order valence-corrected chi connectivity index (χ3v) is 2.85. The van der Waals surface area contributed by atoms with E-state index in [1.165, 1.54) is 0 Å². The molecule has 0 saturated heterocycles. The van der Waals surface area contributed by atoms with Crippen molar-refractivity contribution < 1.29 is 4.79 Å². The summed E-state index contributed by atoms with van der Waals surface area (Å²) in [6.45, 7) is 5.41. The van der Waals surface area contributed by atoms with Gasteiger partial charge in [0.05, 0.1) is 10.7 Å². The first-order valence-electron chi connectivity index (χ1n) is 5.27. The molecular formula is C12H14Cl2N2OS. The molecule has 1 aromatic rings. The zero-order chi connectivity index (χ0) is 13.9. The molecule has 0 bridgehead atoms. The van der Waals surface area contributed by atoms with E-state index in [4.69, 9.17) is 35.4 Å². The summed E-state index contributed by atoms with van der Waals surface area (Å²) in [4.78, 5) is 11.7. The van der Waals surface area contributed by atoms with E-state index in [1.807, 2.05) is 0 Å². The number of nitrogens with one attached hydrogen (secondary N) is 2. The molecule has 0 radical (unpaired) electrons. The number of benzene rings is 1. The van der Waals surface area contributed by atoms with Gasteiger partial charge in [0.2, 0.25) is 5.91 Å². The van der Waals surface area contributed by atoms with Crippen LogP contribution in [0.15, 0.2) is 18.2 Å². The minimum Gasteiger partial charge on any atom is -0.331 e. The predicted octanol–water partition coefficient (Wildman–Crippen LogP) is 3.85. The largest absolute Gasteiger partial charge is 0.331 e. The highest BCUT2D eigenvalue weighted by Crippen LogP contribution is 2.25. The summed E-state index contributed by atoms with van der Waals surface area (Å²) in [5, 5.41) is 6.64. The third-order valence-electron chi connectivity index (χ3n) is 2.08. The lowest BCUT2D eigenvalue weighted by Gasteiger charge is -2.18. The van der Waals surface area contributed by atoms with Gasteiger partial charge in [0.1, 0.15) is 0 Å². The molecule has 1 rings (SSSR count). The number of thiocarbonyl (C=S) groups is 1. The fraction of sp³-hybridized carbons (Fsp3) is 0.333. The quantitative estimate of drug-likeness (QED) is 0.774. The van der Waals surface area contributed by atoms with E-state index in [0.717, 1.165) is 0 Å². The van der Waals surface area contributed by atoms with E-state index in [2.05, 4.69) is 10.6 Å². The van der Waals surface area contributed by atoms with Crippen LogP contribution in [0, 0.1) is 5.41 Å². The van der Waals surface area contributed by atoms with Crippen LogP contribution in [0.5, 0.6) is 0 Å². The first kappa shape index (κ1) is 15.2. The van der Waals surface area contributed by atoms with Crippen molar-refractivity contribution in [3.05, 3.63) is 28.2 Å². The van der Waals surface area contributed by atoms with Gasteiger partial charge in [-0.1, -0.05) is 44.0 Å². The van der Waals surface area contributed by atoms with Gasteiger partial charge in [0.15, 0.2) is 5.11 Å². The van der Waals surface area contributed by atoms with Crippen molar-refractivity contribution in [1.29, 1.82) is 0 Å². The second-order valence-electron chi connectivity index (χ2n) is 4.78. The van der Waals surface area contributed by atoms with Gasteiger partial charge in [0, 0.05) is 10.4 Å². The van der Waals surface area contributed by atoms with Crippen LogP contribution >= 0.6 is 35.4 Å². The number of carbonyl (C=O) groups is 1. The molecule has 2 N–H and O–H groups in total. The number of anilines is 1. The van der Waals surface area contributed by atoms with Crippen LogP contribution in [0.4, 0.5) is 5.69 Å². The lowest BCUT2D eigenvalue weighted by molar-refractivity contribution is -0.126. The van der Waals surface area contributed by atoms with Crippen LogP contribution < -0.4 is 10.6 Å². The summed E-state index contributed by atoms with van der Waals surface area (Å²) in [5.41, 5.74) is 0.0486. The highest BCUT2D eigenvalue weighted by atomic mass is 35.5. The topological polar surface area (TPSA) is 41.1 Å². The minimum atomic E-state index is -0.510. The molecule has 0 atom stereocenters. The van der Waals surface area contributed by atoms with E-state index >= 15 is 0 Å². The molecule has 3 nitrogen and oxygen atoms in total. The summed E-state index contributed by atoms with van der Waals surface area (Å²) in [7, 11) is 0. The summed E-state index contributed by atoms with van der Waals surface area (Å²) in [6.07, 6.45) is 0. The van der Waals surface area contributed by atoms with Gasteiger partial charge in [-0.05, 0) is 30.4 Å². The van der Waals surface area contributed by atoms with Gasteiger partial charge in [0.25, 0.3) is 0 Å². The van der Waals surface area contributed by atoms with Crippen LogP contribution in [0.25, 0.3) is 0 Å². The molecule has 0 spiro atoms. The Morgan fingerprint density at radius 1 is 1.28 bits per heavy atom. The highest BCUT2D eigenvalue weighted by Gasteiger charge is 2.22. The van der Waals surface area contributed by atoms with Crippen molar-refractivity contribution in [3.8, 4) is 0 Å². The molecule has 6 heteroatoms. The molecule has 1 amide bonds. The normalized spacial score (nSPS) is 10.9. The fourth-order valence-electron chi connectivity index (χ4n) is 1.04. The first-order valence-corrected chi connectivity index (χ1v) is 6.44. The van der Waals surface area contributed by atoms with Gasteiger partial charge >= 0.3 is 0 Å². The second kappa shape index (κ2) is 5.87. The maximum absolute atomic E-state index is 11.7. The Bertz CT molecular complexity index is 483. The van der Waals surface area contributed by atoms with Crippen LogP contribution in [0.2, 0.25) is 10.0 Å². The Balaban J connectivity index is 2.71. The third kappa shape index (κ3) is 4.44. The number of carbonyl (C=O) groups excluding carboxylic acids is 1. The summed E-state index contributed by atoms with van der Waals surface area (Å²) < 4.78 is 0. The second-order valence-corrected chi connectivity index (χ2v) is 6.03. The molecule has 18 heavy (non-hydrogen) atoms. The van der Waals surface area contributed by atoms with Crippen molar-refractivity contribution >= 4 is 52.1 Å². The Labute approximate surface area is 122 Å². The average molecular weight is 305 g/mol. The SMILES string of the molecule is CC(C)(C)C(=O)NC(=S)Nc1cc(Cl)ccc1Cl. The van der Waals surface area contributed by atoms with Gasteiger partial charge in [-0.2, -0.15) is 0 Å². The molecule has 98 valence electrons. The lowest BCUT2D eigenvalue weighted by Crippen LogP contribution is -2.41. The summed E-state index contributed by atoms with van der Waals surface area (Å²) >= 11 is 16.9. The van der Waals surface area contributed by atoms with Gasteiger partial charge < -0.3 is 10.6 Å². The molecule has 0 aliphatic carbocycles. The molecule has 0 heterocycles. The van der Waals surface area contributed by atoms with Crippen molar-refractivity contribution in [1.82, 2.24) is 5.32 Å². The zero-order valence-electron chi connectivity index (χ0n) is 10.3. The Hall–Kier alpha value is -0.840. The van der Waals surface area contributed by atoms with Gasteiger partial charge in [-0.15, -0.1) is 0 Å². The first-order chi connectivity index (χ1) is 8.20. The molecule has 0 aliphatic rings. The summed E-state index contributed by atoms with van der Waals surface area (Å²) in [6, 6.07) is 4.96. The van der Waals surface area contributed by atoms with E-state index < -0.39 is 5.41 Å². The zero-order valence-corrected chi connectivity index (χ0v) is 12.6. The van der Waals surface area contributed by atoms with Crippen LogP contribution in [0.1, 0.15) is 20.8 Å². The average Bonchev–Trinajstić information content (AvgIpc) is 2.22. The van der Waals surface area contributed by atoms with E-state index in [1.54, 1.807) is 39.0 Å². The molecule has 0 fully saturated rings. The summed E-state index contributed by atoms with van der Waals surface area (Å²) in [5.74, 6) is -0.168. The van der Waals surface area contributed by atoms with Crippen LogP contribution in [-0.4, -0.2) is 11.0 Å². The van der Waals surface area contributed by atoms with Gasteiger partial charge in [-0.25, -0.2) is 0 Å². The molecular weight excluding hydrogens is 291 g/mol. The maximum Gasteiger partial charge on any atom is 0.231 e. The Morgan fingerprint density at radius 2 is 1.89 bits per heavy atom. The Kier molecular flexibility index (Phi) is 4.96. The van der Waals surface area contributed by atoms with Gasteiger partial charge in [-0.3, -0.25) is 4.79 Å². The lowest BCUT2D eigenvalue weighted by atomic mass is 9.96. The van der Waals surface area contributed by atoms with Crippen molar-refractivity contribution in [2.24, 2.45) is 5.41 Å². The molecule has 0 aliphatic heterocycles. The van der Waals surface area contributed by atoms with Crippen molar-refractivity contribution in [2.75, 3.05) is 5.32 Å².